The zero-order valence-corrected chi connectivity index (χ0v) is 19.2. The minimum atomic E-state index is -0.975. The average molecular weight is 423 g/mol. The number of aliphatic carboxylic acids is 1. The summed E-state index contributed by atoms with van der Waals surface area (Å²) in [5, 5.41) is 9.83. The molecule has 1 N–H and O–H groups in total. The van der Waals surface area contributed by atoms with Crippen LogP contribution in [0.2, 0.25) is 0 Å². The van der Waals surface area contributed by atoms with E-state index in [9.17, 15) is 9.90 Å². The van der Waals surface area contributed by atoms with Gasteiger partial charge in [-0.1, -0.05) is 102 Å². The molecule has 4 heteroatoms. The van der Waals surface area contributed by atoms with E-state index >= 15 is 0 Å². The second kappa shape index (κ2) is 14.5. The number of carbonyl (C=O) groups is 1. The van der Waals surface area contributed by atoms with Crippen molar-refractivity contribution in [3.05, 3.63) is 65.8 Å². The summed E-state index contributed by atoms with van der Waals surface area (Å²) in [5.41, 5.74) is 2.39. The molecule has 0 aliphatic heterocycles. The van der Waals surface area contributed by atoms with Crippen LogP contribution in [-0.4, -0.2) is 21.0 Å². The van der Waals surface area contributed by atoms with Crippen molar-refractivity contribution in [1.29, 1.82) is 0 Å². The van der Waals surface area contributed by atoms with Crippen molar-refractivity contribution in [2.45, 2.75) is 90.4 Å². The third-order valence-corrected chi connectivity index (χ3v) is 5.71. The van der Waals surface area contributed by atoms with E-state index in [0.29, 0.717) is 5.82 Å². The van der Waals surface area contributed by atoms with Gasteiger partial charge in [0.1, 0.15) is 5.57 Å². The molecule has 0 aliphatic carbocycles. The fourth-order valence-corrected chi connectivity index (χ4v) is 3.82. The number of nitrogens with zero attached hydrogens (tertiary/aromatic N) is 2. The van der Waals surface area contributed by atoms with Crippen LogP contribution in [-0.2, 0) is 11.2 Å². The Balaban J connectivity index is 2.03. The Morgan fingerprint density at radius 3 is 2.13 bits per heavy atom. The highest BCUT2D eigenvalue weighted by atomic mass is 16.4. The Bertz CT molecular complexity index is 785. The quantitative estimate of drug-likeness (QED) is 0.243. The van der Waals surface area contributed by atoms with Crippen molar-refractivity contribution >= 4 is 11.5 Å². The maximum absolute atomic E-state index is 12.0. The summed E-state index contributed by atoms with van der Waals surface area (Å²) in [4.78, 5) is 20.8. The number of carboxylic acids is 1. The van der Waals surface area contributed by atoms with Gasteiger partial charge in [0.25, 0.3) is 0 Å². The van der Waals surface area contributed by atoms with E-state index < -0.39 is 5.97 Å². The number of unbranched alkanes of at least 4 members (excludes halogenated alkanes) is 7. The molecule has 1 unspecified atom stereocenters. The van der Waals surface area contributed by atoms with Gasteiger partial charge in [-0.25, -0.2) is 14.8 Å². The summed E-state index contributed by atoms with van der Waals surface area (Å²) in [6.45, 7) is 4.39. The van der Waals surface area contributed by atoms with Gasteiger partial charge in [-0.3, -0.25) is 0 Å². The number of aryl methyl sites for hydroxylation is 1. The fraction of sp³-hybridized carbons (Fsp3) is 0.519. The van der Waals surface area contributed by atoms with Crippen molar-refractivity contribution in [3.63, 3.8) is 0 Å². The number of aromatic nitrogens is 2. The molecule has 1 atom stereocenters. The lowest BCUT2D eigenvalue weighted by Gasteiger charge is -2.14. The predicted molar refractivity (Wildman–Crippen MR) is 128 cm³/mol. The second-order valence-electron chi connectivity index (χ2n) is 8.33. The van der Waals surface area contributed by atoms with Crippen LogP contribution in [0.3, 0.4) is 0 Å². The van der Waals surface area contributed by atoms with E-state index in [1.54, 1.807) is 12.4 Å². The van der Waals surface area contributed by atoms with E-state index in [1.807, 2.05) is 24.3 Å². The lowest BCUT2D eigenvalue weighted by atomic mass is 9.91. The van der Waals surface area contributed by atoms with Crippen LogP contribution >= 0.6 is 0 Å². The lowest BCUT2D eigenvalue weighted by molar-refractivity contribution is -0.130. The van der Waals surface area contributed by atoms with E-state index in [2.05, 4.69) is 35.9 Å². The molecule has 4 nitrogen and oxygen atoms in total. The number of allylic oxidation sites excluding steroid dienone is 1. The Labute approximate surface area is 187 Å². The molecule has 0 spiro atoms. The molecule has 0 radical (unpaired) electrons. The van der Waals surface area contributed by atoms with E-state index in [4.69, 9.17) is 0 Å². The molecule has 0 bridgehead atoms. The Hall–Kier alpha value is -2.49. The van der Waals surface area contributed by atoms with Crippen molar-refractivity contribution in [2.75, 3.05) is 0 Å². The summed E-state index contributed by atoms with van der Waals surface area (Å²) in [5.74, 6) is -0.631. The SMILES string of the molecule is CCCCCCCCCc1cnc(/C(=C\C(CCCC)c2ccccc2)C(=O)O)nc1. The van der Waals surface area contributed by atoms with Gasteiger partial charge in [0, 0.05) is 18.3 Å². The predicted octanol–water partition coefficient (Wildman–Crippen LogP) is 7.21. The number of benzene rings is 1. The van der Waals surface area contributed by atoms with Crippen LogP contribution in [0.1, 0.15) is 101 Å². The smallest absolute Gasteiger partial charge is 0.339 e. The molecule has 31 heavy (non-hydrogen) atoms. The van der Waals surface area contributed by atoms with Gasteiger partial charge in [-0.15, -0.1) is 0 Å². The van der Waals surface area contributed by atoms with Gasteiger partial charge in [0.15, 0.2) is 5.82 Å². The molecule has 2 aromatic rings. The van der Waals surface area contributed by atoms with E-state index in [-0.39, 0.29) is 11.5 Å². The fourth-order valence-electron chi connectivity index (χ4n) is 3.82. The van der Waals surface area contributed by atoms with Crippen molar-refractivity contribution in [3.8, 4) is 0 Å². The molecule has 2 rings (SSSR count). The number of hydrogen-bond donors (Lipinski definition) is 1. The van der Waals surface area contributed by atoms with Crippen molar-refractivity contribution in [2.24, 2.45) is 0 Å². The van der Waals surface area contributed by atoms with Gasteiger partial charge in [0.2, 0.25) is 0 Å². The topological polar surface area (TPSA) is 63.1 Å². The van der Waals surface area contributed by atoms with Gasteiger partial charge in [0.05, 0.1) is 0 Å². The first-order valence-corrected chi connectivity index (χ1v) is 12.0. The van der Waals surface area contributed by atoms with Crippen LogP contribution in [0.4, 0.5) is 0 Å². The molecule has 0 saturated heterocycles. The largest absolute Gasteiger partial charge is 0.478 e. The molecule has 168 valence electrons. The van der Waals surface area contributed by atoms with Gasteiger partial charge in [-0.05, 0) is 30.4 Å². The maximum atomic E-state index is 12.0. The number of carboxylic acid groups (broad SMARTS) is 1. The van der Waals surface area contributed by atoms with Gasteiger partial charge in [-0.2, -0.15) is 0 Å². The number of hydrogen-bond acceptors (Lipinski definition) is 3. The summed E-state index contributed by atoms with van der Waals surface area (Å²) < 4.78 is 0. The molecular formula is C27H38N2O2. The molecule has 1 aromatic heterocycles. The molecule has 1 aromatic carbocycles. The zero-order valence-electron chi connectivity index (χ0n) is 19.2. The summed E-state index contributed by atoms with van der Waals surface area (Å²) >= 11 is 0. The minimum absolute atomic E-state index is 0.0447. The molecule has 0 fully saturated rings. The zero-order chi connectivity index (χ0) is 22.3. The van der Waals surface area contributed by atoms with Crippen LogP contribution in [0, 0.1) is 0 Å². The first kappa shape index (κ1) is 24.8. The third kappa shape index (κ3) is 9.04. The highest BCUT2D eigenvalue weighted by Crippen LogP contribution is 2.27. The van der Waals surface area contributed by atoms with Crippen molar-refractivity contribution in [1.82, 2.24) is 9.97 Å². The first-order chi connectivity index (χ1) is 15.2. The molecule has 0 saturated carbocycles. The second-order valence-corrected chi connectivity index (χ2v) is 8.33. The van der Waals surface area contributed by atoms with Crippen LogP contribution in [0.25, 0.3) is 5.57 Å². The summed E-state index contributed by atoms with van der Waals surface area (Å²) in [7, 11) is 0. The molecule has 0 aliphatic rings. The molecule has 0 amide bonds. The maximum Gasteiger partial charge on any atom is 0.339 e. The summed E-state index contributed by atoms with van der Waals surface area (Å²) in [6, 6.07) is 10.1. The van der Waals surface area contributed by atoms with Gasteiger partial charge >= 0.3 is 5.97 Å². The normalized spacial score (nSPS) is 12.6. The van der Waals surface area contributed by atoms with Gasteiger partial charge < -0.3 is 5.11 Å². The highest BCUT2D eigenvalue weighted by molar-refractivity contribution is 6.14. The monoisotopic (exact) mass is 422 g/mol. The Morgan fingerprint density at radius 2 is 1.52 bits per heavy atom. The minimum Gasteiger partial charge on any atom is -0.478 e. The Morgan fingerprint density at radius 1 is 0.903 bits per heavy atom. The Kier molecular flexibility index (Phi) is 11.6. The molecular weight excluding hydrogens is 384 g/mol. The number of rotatable bonds is 15. The summed E-state index contributed by atoms with van der Waals surface area (Å²) in [6.07, 6.45) is 18.3. The van der Waals surface area contributed by atoms with Crippen LogP contribution < -0.4 is 0 Å². The van der Waals surface area contributed by atoms with Crippen LogP contribution in [0.5, 0.6) is 0 Å². The average Bonchev–Trinajstić information content (AvgIpc) is 2.79. The highest BCUT2D eigenvalue weighted by Gasteiger charge is 2.18. The van der Waals surface area contributed by atoms with Crippen molar-refractivity contribution < 1.29 is 9.90 Å². The van der Waals surface area contributed by atoms with E-state index in [1.165, 1.54) is 38.5 Å². The van der Waals surface area contributed by atoms with Crippen LogP contribution in [0.15, 0.2) is 48.8 Å². The third-order valence-electron chi connectivity index (χ3n) is 5.71. The lowest BCUT2D eigenvalue weighted by Crippen LogP contribution is -2.07. The van der Waals surface area contributed by atoms with E-state index in [0.717, 1.165) is 43.2 Å². The molecule has 1 heterocycles. The standard InChI is InChI=1S/C27H38N2O2/c1-3-5-7-8-9-10-12-15-22-20-28-26(29-21-22)25(27(30)31)19-24(16-6-4-2)23-17-13-11-14-18-23/h11,13-14,17-21,24H,3-10,12,15-16H2,1-2H3,(H,30,31)/b25-19+. The first-order valence-electron chi connectivity index (χ1n) is 12.0.